The third kappa shape index (κ3) is 4.91. The second-order valence-corrected chi connectivity index (χ2v) is 8.28. The minimum absolute atomic E-state index is 0.685. The monoisotopic (exact) mass is 481 g/mol. The van der Waals surface area contributed by atoms with E-state index in [-0.39, 0.29) is 0 Å². The zero-order valence-corrected chi connectivity index (χ0v) is 18.9. The topological polar surface area (TPSA) is 39.9 Å². The number of aryl methyl sites for hydroxylation is 1. The van der Waals surface area contributed by atoms with E-state index in [0.29, 0.717) is 5.02 Å². The summed E-state index contributed by atoms with van der Waals surface area (Å²) in [7, 11) is 0. The van der Waals surface area contributed by atoms with Crippen molar-refractivity contribution in [2.24, 2.45) is 0 Å². The van der Waals surface area contributed by atoms with Crippen LogP contribution in [0.15, 0.2) is 77.3 Å². The zero-order valence-electron chi connectivity index (χ0n) is 16.6. The Morgan fingerprint density at radius 3 is 2.17 bits per heavy atom. The van der Waals surface area contributed by atoms with Gasteiger partial charge in [-0.1, -0.05) is 53.0 Å². The van der Waals surface area contributed by atoms with E-state index in [1.54, 1.807) is 0 Å². The molecule has 0 amide bonds. The molecule has 0 radical (unpaired) electrons. The summed E-state index contributed by atoms with van der Waals surface area (Å²) in [6.45, 7) is 2.18. The Balaban J connectivity index is 1.61. The number of nitrogens with zero attached hydrogens (tertiary/aromatic N) is 3. The lowest BCUT2D eigenvalue weighted by Gasteiger charge is -2.08. The lowest BCUT2D eigenvalue weighted by Crippen LogP contribution is -2.03. The average Bonchev–Trinajstić information content (AvgIpc) is 3.19. The first-order valence-electron chi connectivity index (χ1n) is 9.88. The van der Waals surface area contributed by atoms with Crippen LogP contribution in [0.3, 0.4) is 0 Å². The van der Waals surface area contributed by atoms with E-state index >= 15 is 0 Å². The minimum Gasteiger partial charge on any atom is -0.457 e. The van der Waals surface area contributed by atoms with Crippen molar-refractivity contribution < 1.29 is 4.74 Å². The van der Waals surface area contributed by atoms with Crippen molar-refractivity contribution in [3.05, 3.63) is 88.1 Å². The lowest BCUT2D eigenvalue weighted by molar-refractivity contribution is 0.482. The smallest absolute Gasteiger partial charge is 0.181 e. The Kier molecular flexibility index (Phi) is 6.50. The first kappa shape index (κ1) is 20.6. The van der Waals surface area contributed by atoms with Gasteiger partial charge in [0.05, 0.1) is 5.69 Å². The number of rotatable bonds is 7. The van der Waals surface area contributed by atoms with Gasteiger partial charge in [0.25, 0.3) is 0 Å². The number of benzene rings is 3. The van der Waals surface area contributed by atoms with Gasteiger partial charge in [-0.2, -0.15) is 0 Å². The van der Waals surface area contributed by atoms with Gasteiger partial charge >= 0.3 is 0 Å². The predicted molar refractivity (Wildman–Crippen MR) is 125 cm³/mol. The van der Waals surface area contributed by atoms with Gasteiger partial charge in [0.15, 0.2) is 5.82 Å². The maximum Gasteiger partial charge on any atom is 0.181 e. The molecule has 0 saturated carbocycles. The van der Waals surface area contributed by atoms with Gasteiger partial charge in [-0.3, -0.25) is 0 Å². The van der Waals surface area contributed by atoms with E-state index in [0.717, 1.165) is 58.1 Å². The molecule has 0 aliphatic rings. The minimum atomic E-state index is 0.685. The number of unbranched alkanes of at least 4 members (excludes halogenated alkanes) is 1. The summed E-state index contributed by atoms with van der Waals surface area (Å²) in [4.78, 5) is 4.82. The molecule has 4 rings (SSSR count). The molecule has 0 saturated heterocycles. The molecule has 0 aliphatic heterocycles. The molecular weight excluding hydrogens is 462 g/mol. The molecule has 0 atom stereocenters. The molecule has 1 aromatic heterocycles. The Morgan fingerprint density at radius 2 is 1.53 bits per heavy atom. The summed E-state index contributed by atoms with van der Waals surface area (Å²) in [5.41, 5.74) is 1.96. The molecular formula is C24H21BrClN3O. The molecule has 6 heteroatoms. The van der Waals surface area contributed by atoms with Crippen LogP contribution >= 0.6 is 27.5 Å². The molecule has 3 aromatic carbocycles. The van der Waals surface area contributed by atoms with Gasteiger partial charge in [-0.25, -0.2) is 9.67 Å². The van der Waals surface area contributed by atoms with Gasteiger partial charge in [0.2, 0.25) is 0 Å². The summed E-state index contributed by atoms with van der Waals surface area (Å²) in [5.74, 6) is 3.19. The zero-order chi connectivity index (χ0) is 20.9. The Bertz CT molecular complexity index is 1110. The van der Waals surface area contributed by atoms with Crippen LogP contribution in [-0.4, -0.2) is 14.8 Å². The largest absolute Gasteiger partial charge is 0.457 e. The Morgan fingerprint density at radius 1 is 0.900 bits per heavy atom. The molecule has 0 spiro atoms. The summed E-state index contributed by atoms with van der Waals surface area (Å²) >= 11 is 9.41. The summed E-state index contributed by atoms with van der Waals surface area (Å²) in [6.07, 6.45) is 3.05. The number of halogens is 2. The van der Waals surface area contributed by atoms with Crippen LogP contribution in [-0.2, 0) is 6.42 Å². The molecule has 0 bridgehead atoms. The third-order valence-electron chi connectivity index (χ3n) is 4.66. The van der Waals surface area contributed by atoms with Crippen LogP contribution in [0.2, 0.25) is 5.02 Å². The first-order chi connectivity index (χ1) is 14.6. The van der Waals surface area contributed by atoms with Crippen LogP contribution in [0.4, 0.5) is 0 Å². The fourth-order valence-corrected chi connectivity index (χ4v) is 3.45. The molecule has 1 heterocycles. The normalized spacial score (nSPS) is 10.9. The van der Waals surface area contributed by atoms with Crippen LogP contribution < -0.4 is 4.74 Å². The number of hydrogen-bond acceptors (Lipinski definition) is 3. The van der Waals surface area contributed by atoms with E-state index in [4.69, 9.17) is 26.4 Å². The first-order valence-corrected chi connectivity index (χ1v) is 11.0. The highest BCUT2D eigenvalue weighted by Crippen LogP contribution is 2.26. The Hall–Kier alpha value is -2.63. The SMILES string of the molecule is CCCCc1nc(-c2ccc(Br)cc2)nn1-c1ccc(Oc2ccc(Cl)cc2)cc1. The van der Waals surface area contributed by atoms with Crippen LogP contribution in [0.5, 0.6) is 11.5 Å². The molecule has 30 heavy (non-hydrogen) atoms. The van der Waals surface area contributed by atoms with Crippen molar-refractivity contribution in [1.29, 1.82) is 0 Å². The van der Waals surface area contributed by atoms with Gasteiger partial charge in [0.1, 0.15) is 17.3 Å². The van der Waals surface area contributed by atoms with Crippen LogP contribution in [0.1, 0.15) is 25.6 Å². The molecule has 4 aromatic rings. The second-order valence-electron chi connectivity index (χ2n) is 6.92. The van der Waals surface area contributed by atoms with Crippen molar-refractivity contribution in [3.8, 4) is 28.6 Å². The predicted octanol–water partition coefficient (Wildman–Crippen LogP) is 7.49. The van der Waals surface area contributed by atoms with Gasteiger partial charge in [0, 0.05) is 21.5 Å². The molecule has 152 valence electrons. The van der Waals surface area contributed by atoms with Crippen LogP contribution in [0.25, 0.3) is 17.1 Å². The fourth-order valence-electron chi connectivity index (χ4n) is 3.06. The number of aromatic nitrogens is 3. The second kappa shape index (κ2) is 9.45. The molecule has 0 fully saturated rings. The molecule has 4 nitrogen and oxygen atoms in total. The van der Waals surface area contributed by atoms with E-state index in [9.17, 15) is 0 Å². The van der Waals surface area contributed by atoms with Gasteiger partial charge < -0.3 is 4.74 Å². The summed E-state index contributed by atoms with van der Waals surface area (Å²) in [5, 5.41) is 5.48. The van der Waals surface area contributed by atoms with Crippen molar-refractivity contribution >= 4 is 27.5 Å². The van der Waals surface area contributed by atoms with Crippen molar-refractivity contribution in [1.82, 2.24) is 14.8 Å². The van der Waals surface area contributed by atoms with E-state index in [1.807, 2.05) is 77.5 Å². The molecule has 0 unspecified atom stereocenters. The summed E-state index contributed by atoms with van der Waals surface area (Å²) < 4.78 is 8.86. The maximum absolute atomic E-state index is 5.93. The standard InChI is InChI=1S/C24H21BrClN3O/c1-2-3-4-23-27-24(17-5-7-18(25)8-6-17)28-29(23)20-11-15-22(16-12-20)30-21-13-9-19(26)10-14-21/h5-16H,2-4H2,1H3. The molecule has 0 aliphatic carbocycles. The van der Waals surface area contributed by atoms with Gasteiger partial charge in [-0.05, 0) is 67.1 Å². The average molecular weight is 483 g/mol. The quantitative estimate of drug-likeness (QED) is 0.274. The highest BCUT2D eigenvalue weighted by atomic mass is 79.9. The summed E-state index contributed by atoms with van der Waals surface area (Å²) in [6, 6.07) is 23.3. The third-order valence-corrected chi connectivity index (χ3v) is 5.44. The van der Waals surface area contributed by atoms with Crippen LogP contribution in [0, 0.1) is 0 Å². The highest BCUT2D eigenvalue weighted by molar-refractivity contribution is 9.10. The number of hydrogen-bond donors (Lipinski definition) is 0. The Labute approximate surface area is 189 Å². The van der Waals surface area contributed by atoms with Crippen molar-refractivity contribution in [3.63, 3.8) is 0 Å². The van der Waals surface area contributed by atoms with E-state index in [1.165, 1.54) is 0 Å². The number of ether oxygens (including phenoxy) is 1. The van der Waals surface area contributed by atoms with E-state index in [2.05, 4.69) is 22.9 Å². The molecule has 0 N–H and O–H groups in total. The van der Waals surface area contributed by atoms with Crippen molar-refractivity contribution in [2.45, 2.75) is 26.2 Å². The lowest BCUT2D eigenvalue weighted by atomic mass is 10.2. The van der Waals surface area contributed by atoms with Crippen molar-refractivity contribution in [2.75, 3.05) is 0 Å². The van der Waals surface area contributed by atoms with E-state index < -0.39 is 0 Å². The maximum atomic E-state index is 5.93. The van der Waals surface area contributed by atoms with Gasteiger partial charge in [-0.15, -0.1) is 5.10 Å². The fraction of sp³-hybridized carbons (Fsp3) is 0.167. The highest BCUT2D eigenvalue weighted by Gasteiger charge is 2.13.